The maximum absolute atomic E-state index is 12.3. The van der Waals surface area contributed by atoms with Crippen molar-refractivity contribution in [1.29, 1.82) is 0 Å². The van der Waals surface area contributed by atoms with Crippen LogP contribution in [0.1, 0.15) is 5.69 Å². The average molecular weight is 346 g/mol. The molecule has 5 nitrogen and oxygen atoms in total. The molecule has 24 heavy (non-hydrogen) atoms. The molecule has 0 bridgehead atoms. The SMILES string of the molecule is O=S(=O)(CCN1C[C@@H](Cc2ccccn2)[C@H](O)C1)c1ccccc1. The summed E-state index contributed by atoms with van der Waals surface area (Å²) >= 11 is 0. The molecule has 128 valence electrons. The number of hydrogen-bond donors (Lipinski definition) is 1. The van der Waals surface area contributed by atoms with E-state index in [1.54, 1.807) is 36.5 Å². The van der Waals surface area contributed by atoms with Crippen LogP contribution < -0.4 is 0 Å². The molecule has 1 N–H and O–H groups in total. The van der Waals surface area contributed by atoms with Gasteiger partial charge >= 0.3 is 0 Å². The summed E-state index contributed by atoms with van der Waals surface area (Å²) in [5.41, 5.74) is 0.959. The van der Waals surface area contributed by atoms with Gasteiger partial charge in [-0.05, 0) is 30.7 Å². The molecule has 0 unspecified atom stereocenters. The van der Waals surface area contributed by atoms with Crippen molar-refractivity contribution in [2.45, 2.75) is 17.4 Å². The fourth-order valence-corrected chi connectivity index (χ4v) is 4.41. The fraction of sp³-hybridized carbons (Fsp3) is 0.389. The van der Waals surface area contributed by atoms with Gasteiger partial charge in [0.05, 0.1) is 16.8 Å². The minimum atomic E-state index is -3.28. The van der Waals surface area contributed by atoms with E-state index in [2.05, 4.69) is 4.98 Å². The van der Waals surface area contributed by atoms with Crippen LogP contribution in [0.4, 0.5) is 0 Å². The second kappa shape index (κ2) is 7.42. The smallest absolute Gasteiger partial charge is 0.179 e. The normalized spacial score (nSPS) is 21.9. The number of aliphatic hydroxyl groups is 1. The Hall–Kier alpha value is -1.76. The molecule has 1 aliphatic heterocycles. The maximum Gasteiger partial charge on any atom is 0.179 e. The van der Waals surface area contributed by atoms with Crippen LogP contribution >= 0.6 is 0 Å². The summed E-state index contributed by atoms with van der Waals surface area (Å²) in [4.78, 5) is 6.68. The van der Waals surface area contributed by atoms with Crippen LogP contribution in [-0.4, -0.2) is 54.9 Å². The van der Waals surface area contributed by atoms with E-state index in [-0.39, 0.29) is 11.7 Å². The number of rotatable bonds is 6. The molecule has 1 aromatic carbocycles. The van der Waals surface area contributed by atoms with Gasteiger partial charge in [-0.15, -0.1) is 0 Å². The number of hydrogen-bond acceptors (Lipinski definition) is 5. The van der Waals surface area contributed by atoms with Gasteiger partial charge in [0.25, 0.3) is 0 Å². The highest BCUT2D eigenvalue weighted by molar-refractivity contribution is 7.91. The van der Waals surface area contributed by atoms with Gasteiger partial charge in [0.15, 0.2) is 9.84 Å². The van der Waals surface area contributed by atoms with E-state index in [0.717, 1.165) is 5.69 Å². The molecule has 1 fully saturated rings. The number of likely N-dealkylation sites (tertiary alicyclic amines) is 1. The van der Waals surface area contributed by atoms with Crippen molar-refractivity contribution in [3.8, 4) is 0 Å². The zero-order chi connectivity index (χ0) is 17.0. The Morgan fingerprint density at radius 2 is 1.83 bits per heavy atom. The van der Waals surface area contributed by atoms with Gasteiger partial charge in [0.1, 0.15) is 0 Å². The van der Waals surface area contributed by atoms with Gasteiger partial charge in [-0.3, -0.25) is 9.88 Å². The van der Waals surface area contributed by atoms with Crippen molar-refractivity contribution in [3.63, 3.8) is 0 Å². The highest BCUT2D eigenvalue weighted by Crippen LogP contribution is 2.21. The van der Waals surface area contributed by atoms with Crippen LogP contribution in [-0.2, 0) is 16.3 Å². The Kier molecular flexibility index (Phi) is 5.28. The second-order valence-electron chi connectivity index (χ2n) is 6.24. The lowest BCUT2D eigenvalue weighted by atomic mass is 10.00. The van der Waals surface area contributed by atoms with Gasteiger partial charge in [-0.1, -0.05) is 24.3 Å². The highest BCUT2D eigenvalue weighted by atomic mass is 32.2. The first-order chi connectivity index (χ1) is 11.5. The molecule has 1 aromatic heterocycles. The number of sulfone groups is 1. The topological polar surface area (TPSA) is 70.5 Å². The van der Waals surface area contributed by atoms with E-state index < -0.39 is 15.9 Å². The summed E-state index contributed by atoms with van der Waals surface area (Å²) in [6.07, 6.45) is 2.02. The largest absolute Gasteiger partial charge is 0.391 e. The van der Waals surface area contributed by atoms with Crippen LogP contribution in [0.5, 0.6) is 0 Å². The zero-order valence-corrected chi connectivity index (χ0v) is 14.3. The third kappa shape index (κ3) is 4.20. The van der Waals surface area contributed by atoms with Crippen molar-refractivity contribution in [3.05, 3.63) is 60.4 Å². The molecule has 2 aromatic rings. The molecule has 0 amide bonds. The Balaban J connectivity index is 1.56. The lowest BCUT2D eigenvalue weighted by Gasteiger charge is -2.15. The first-order valence-corrected chi connectivity index (χ1v) is 9.78. The molecule has 2 heterocycles. The molecule has 0 radical (unpaired) electrons. The van der Waals surface area contributed by atoms with Crippen molar-refractivity contribution < 1.29 is 13.5 Å². The number of pyridine rings is 1. The summed E-state index contributed by atoms with van der Waals surface area (Å²) in [5, 5.41) is 10.2. The molecule has 0 saturated carbocycles. The number of benzene rings is 1. The van der Waals surface area contributed by atoms with Crippen LogP contribution in [0.25, 0.3) is 0 Å². The number of aromatic nitrogens is 1. The minimum absolute atomic E-state index is 0.0695. The van der Waals surface area contributed by atoms with Gasteiger partial charge in [0, 0.05) is 37.4 Å². The van der Waals surface area contributed by atoms with E-state index in [4.69, 9.17) is 0 Å². The Labute approximate surface area is 142 Å². The third-order valence-electron chi connectivity index (χ3n) is 4.46. The molecule has 0 spiro atoms. The number of aliphatic hydroxyl groups excluding tert-OH is 1. The van der Waals surface area contributed by atoms with Gasteiger partial charge in [-0.2, -0.15) is 0 Å². The molecule has 3 rings (SSSR count). The quantitative estimate of drug-likeness (QED) is 0.856. The summed E-state index contributed by atoms with van der Waals surface area (Å²) in [7, 11) is -3.28. The molecule has 0 aliphatic carbocycles. The second-order valence-corrected chi connectivity index (χ2v) is 8.35. The van der Waals surface area contributed by atoms with Crippen molar-refractivity contribution in [2.24, 2.45) is 5.92 Å². The van der Waals surface area contributed by atoms with E-state index in [1.165, 1.54) is 0 Å². The maximum atomic E-state index is 12.3. The van der Waals surface area contributed by atoms with E-state index in [0.29, 0.717) is 31.0 Å². The third-order valence-corrected chi connectivity index (χ3v) is 6.17. The van der Waals surface area contributed by atoms with Crippen LogP contribution in [0.2, 0.25) is 0 Å². The lowest BCUT2D eigenvalue weighted by Crippen LogP contribution is -2.28. The van der Waals surface area contributed by atoms with Crippen LogP contribution in [0.3, 0.4) is 0 Å². The van der Waals surface area contributed by atoms with Crippen molar-refractivity contribution in [2.75, 3.05) is 25.4 Å². The lowest BCUT2D eigenvalue weighted by molar-refractivity contribution is 0.141. The summed E-state index contributed by atoms with van der Waals surface area (Å²) in [6.45, 7) is 1.65. The Morgan fingerprint density at radius 3 is 2.54 bits per heavy atom. The molecule has 1 aliphatic rings. The minimum Gasteiger partial charge on any atom is -0.391 e. The van der Waals surface area contributed by atoms with E-state index in [9.17, 15) is 13.5 Å². The van der Waals surface area contributed by atoms with Gasteiger partial charge < -0.3 is 5.11 Å². The van der Waals surface area contributed by atoms with Gasteiger partial charge in [0.2, 0.25) is 0 Å². The van der Waals surface area contributed by atoms with Gasteiger partial charge in [-0.25, -0.2) is 8.42 Å². The highest BCUT2D eigenvalue weighted by Gasteiger charge is 2.32. The zero-order valence-electron chi connectivity index (χ0n) is 13.5. The van der Waals surface area contributed by atoms with Crippen molar-refractivity contribution >= 4 is 9.84 Å². The first kappa shape index (κ1) is 17.1. The predicted molar refractivity (Wildman–Crippen MR) is 92.4 cm³/mol. The van der Waals surface area contributed by atoms with E-state index in [1.807, 2.05) is 23.1 Å². The number of nitrogens with zero attached hydrogens (tertiary/aromatic N) is 2. The molecule has 6 heteroatoms. The molecule has 1 saturated heterocycles. The summed E-state index contributed by atoms with van der Waals surface area (Å²) in [5.74, 6) is 0.166. The van der Waals surface area contributed by atoms with Crippen LogP contribution in [0.15, 0.2) is 59.6 Å². The average Bonchev–Trinajstić information content (AvgIpc) is 2.95. The van der Waals surface area contributed by atoms with E-state index >= 15 is 0 Å². The molecular weight excluding hydrogens is 324 g/mol. The Morgan fingerprint density at radius 1 is 1.08 bits per heavy atom. The standard InChI is InChI=1S/C18H22N2O3S/c21-18-14-20(13-15(18)12-16-6-4-5-9-19-16)10-11-24(22,23)17-7-2-1-3-8-17/h1-9,15,18,21H,10-14H2/t15-,18-/m1/s1. The van der Waals surface area contributed by atoms with Crippen LogP contribution in [0, 0.1) is 5.92 Å². The monoisotopic (exact) mass is 346 g/mol. The Bertz CT molecular complexity index is 750. The summed E-state index contributed by atoms with van der Waals surface area (Å²) in [6, 6.07) is 14.3. The van der Waals surface area contributed by atoms with Crippen molar-refractivity contribution in [1.82, 2.24) is 9.88 Å². The first-order valence-electron chi connectivity index (χ1n) is 8.13. The number of β-amino-alcohol motifs (C(OH)–C–C–N with tert-alkyl or cyclic N) is 1. The fourth-order valence-electron chi connectivity index (χ4n) is 3.11. The summed E-state index contributed by atoms with van der Waals surface area (Å²) < 4.78 is 24.7. The molecular formula is C18H22N2O3S. The molecule has 2 atom stereocenters. The predicted octanol–water partition coefficient (Wildman–Crippen LogP) is 1.39.